The number of benzene rings is 1. The third kappa shape index (κ3) is 4.58. The van der Waals surface area contributed by atoms with Gasteiger partial charge in [0.2, 0.25) is 11.1 Å². The van der Waals surface area contributed by atoms with Gasteiger partial charge in [-0.2, -0.15) is 0 Å². The highest BCUT2D eigenvalue weighted by atomic mass is 32.2. The highest BCUT2D eigenvalue weighted by molar-refractivity contribution is 7.99. The van der Waals surface area contributed by atoms with Crippen LogP contribution >= 0.6 is 11.8 Å². The summed E-state index contributed by atoms with van der Waals surface area (Å²) >= 11 is 1.33. The minimum Gasteiger partial charge on any atom is -0.465 e. The van der Waals surface area contributed by atoms with Crippen LogP contribution in [0.2, 0.25) is 0 Å². The Hall–Kier alpha value is -2.62. The summed E-state index contributed by atoms with van der Waals surface area (Å²) < 4.78 is 6.67. The van der Waals surface area contributed by atoms with Crippen molar-refractivity contribution in [3.8, 4) is 0 Å². The molecule has 2 aromatic rings. The van der Waals surface area contributed by atoms with E-state index in [1.54, 1.807) is 12.1 Å². The molecule has 1 aromatic carbocycles. The number of anilines is 2. The first-order valence-electron chi connectivity index (χ1n) is 10.3. The topological polar surface area (TPSA) is 102 Å². The summed E-state index contributed by atoms with van der Waals surface area (Å²) in [4.78, 5) is 26.9. The van der Waals surface area contributed by atoms with Crippen LogP contribution < -0.4 is 10.2 Å². The molecule has 1 saturated heterocycles. The number of carbonyl (C=O) groups is 2. The number of amides is 1. The molecule has 4 rings (SSSR count). The molecule has 1 saturated carbocycles. The second-order valence-electron chi connectivity index (χ2n) is 7.60. The number of nitrogens with one attached hydrogen (secondary N) is 1. The fraction of sp³-hybridized carbons (Fsp3) is 0.550. The van der Waals surface area contributed by atoms with E-state index < -0.39 is 5.97 Å². The molecular formula is C20H26N6O3S. The first-order chi connectivity index (χ1) is 14.7. The first-order valence-corrected chi connectivity index (χ1v) is 11.3. The highest BCUT2D eigenvalue weighted by Gasteiger charge is 2.23. The number of methoxy groups -OCH3 is 1. The van der Waals surface area contributed by atoms with E-state index in [9.17, 15) is 9.59 Å². The maximum Gasteiger partial charge on any atom is 0.337 e. The largest absolute Gasteiger partial charge is 0.465 e. The van der Waals surface area contributed by atoms with Crippen LogP contribution in [0, 0.1) is 0 Å². The molecule has 9 nitrogen and oxygen atoms in total. The van der Waals surface area contributed by atoms with Crippen molar-refractivity contribution in [2.45, 2.75) is 49.7 Å². The van der Waals surface area contributed by atoms with Crippen LogP contribution in [-0.4, -0.2) is 58.0 Å². The number of nitrogens with zero attached hydrogens (tertiary/aromatic N) is 5. The Labute approximate surface area is 179 Å². The fourth-order valence-corrected chi connectivity index (χ4v) is 4.83. The summed E-state index contributed by atoms with van der Waals surface area (Å²) in [7, 11) is 1.35. The number of esters is 1. The maximum absolute atomic E-state index is 12.7. The lowest BCUT2D eigenvalue weighted by molar-refractivity contribution is -0.113. The minimum absolute atomic E-state index is 0.163. The third-order valence-electron chi connectivity index (χ3n) is 5.60. The van der Waals surface area contributed by atoms with Gasteiger partial charge in [0.15, 0.2) is 0 Å². The second-order valence-corrected chi connectivity index (χ2v) is 8.54. The highest BCUT2D eigenvalue weighted by Crippen LogP contribution is 2.32. The van der Waals surface area contributed by atoms with Gasteiger partial charge >= 0.3 is 5.97 Å². The van der Waals surface area contributed by atoms with Crippen molar-refractivity contribution in [1.29, 1.82) is 0 Å². The van der Waals surface area contributed by atoms with Crippen LogP contribution in [0.5, 0.6) is 0 Å². The number of aromatic nitrogens is 4. The van der Waals surface area contributed by atoms with E-state index in [1.807, 2.05) is 10.7 Å². The van der Waals surface area contributed by atoms with Crippen molar-refractivity contribution < 1.29 is 14.3 Å². The number of thioether (sulfide) groups is 1. The molecule has 160 valence electrons. The molecule has 0 atom stereocenters. The van der Waals surface area contributed by atoms with Crippen LogP contribution in [0.4, 0.5) is 11.4 Å². The number of rotatable bonds is 7. The monoisotopic (exact) mass is 430 g/mol. The van der Waals surface area contributed by atoms with Gasteiger partial charge in [-0.1, -0.05) is 24.6 Å². The van der Waals surface area contributed by atoms with E-state index in [2.05, 4.69) is 25.7 Å². The molecule has 10 heteroatoms. The van der Waals surface area contributed by atoms with Gasteiger partial charge in [0.1, 0.15) is 0 Å². The summed E-state index contributed by atoms with van der Waals surface area (Å²) in [6.45, 7) is 1.87. The molecule has 2 heterocycles. The van der Waals surface area contributed by atoms with E-state index >= 15 is 0 Å². The van der Waals surface area contributed by atoms with E-state index in [0.717, 1.165) is 44.5 Å². The van der Waals surface area contributed by atoms with Crippen LogP contribution in [0.25, 0.3) is 0 Å². The Kier molecular flexibility index (Phi) is 6.51. The van der Waals surface area contributed by atoms with Gasteiger partial charge in [-0.3, -0.25) is 4.79 Å². The van der Waals surface area contributed by atoms with Crippen molar-refractivity contribution in [3.05, 3.63) is 23.8 Å². The Bertz CT molecular complexity index is 906. The van der Waals surface area contributed by atoms with Crippen molar-refractivity contribution in [2.75, 3.05) is 36.2 Å². The molecule has 0 radical (unpaired) electrons. The minimum atomic E-state index is -0.427. The molecule has 1 aromatic heterocycles. The Morgan fingerprint density at radius 1 is 1.20 bits per heavy atom. The quantitative estimate of drug-likeness (QED) is 0.528. The lowest BCUT2D eigenvalue weighted by Crippen LogP contribution is -2.22. The third-order valence-corrected chi connectivity index (χ3v) is 6.54. The number of hydrogen-bond acceptors (Lipinski definition) is 8. The fourth-order valence-electron chi connectivity index (χ4n) is 4.09. The van der Waals surface area contributed by atoms with Crippen LogP contribution in [-0.2, 0) is 9.53 Å². The molecular weight excluding hydrogens is 404 g/mol. The lowest BCUT2D eigenvalue weighted by Gasteiger charge is -2.22. The van der Waals surface area contributed by atoms with Gasteiger partial charge in [-0.05, 0) is 54.3 Å². The molecule has 0 spiro atoms. The maximum atomic E-state index is 12.7. The van der Waals surface area contributed by atoms with Crippen LogP contribution in [0.1, 0.15) is 54.9 Å². The molecule has 2 aliphatic rings. The van der Waals surface area contributed by atoms with Gasteiger partial charge in [-0.25, -0.2) is 9.48 Å². The number of carbonyl (C=O) groups excluding carboxylic acids is 2. The molecule has 1 N–H and O–H groups in total. The van der Waals surface area contributed by atoms with E-state index in [1.165, 1.54) is 31.7 Å². The van der Waals surface area contributed by atoms with Crippen LogP contribution in [0.3, 0.4) is 0 Å². The van der Waals surface area contributed by atoms with Crippen molar-refractivity contribution in [3.63, 3.8) is 0 Å². The zero-order valence-corrected chi connectivity index (χ0v) is 17.9. The lowest BCUT2D eigenvalue weighted by atomic mass is 10.1. The standard InChI is InChI=1S/C20H26N6O3S/c1-29-19(28)14-8-9-17(25-10-4-5-11-25)16(12-14)21-18(27)13-30-20-22-23-24-26(20)15-6-2-3-7-15/h8-9,12,15H,2-7,10-11,13H2,1H3,(H,21,27). The van der Waals surface area contributed by atoms with Gasteiger partial charge in [0.05, 0.1) is 35.8 Å². The van der Waals surface area contributed by atoms with Gasteiger partial charge in [0.25, 0.3) is 0 Å². The van der Waals surface area contributed by atoms with Crippen LogP contribution in [0.15, 0.2) is 23.4 Å². The SMILES string of the molecule is COC(=O)c1ccc(N2CCCC2)c(NC(=O)CSc2nnnn2C2CCCC2)c1. The molecule has 1 amide bonds. The van der Waals surface area contributed by atoms with E-state index in [0.29, 0.717) is 22.4 Å². The number of ether oxygens (including phenoxy) is 1. The average molecular weight is 431 g/mol. The van der Waals surface area contributed by atoms with Crippen molar-refractivity contribution in [1.82, 2.24) is 20.2 Å². The summed E-state index contributed by atoms with van der Waals surface area (Å²) in [5.74, 6) is -0.401. The molecule has 30 heavy (non-hydrogen) atoms. The van der Waals surface area contributed by atoms with Crippen molar-refractivity contribution in [2.24, 2.45) is 0 Å². The first kappa shape index (κ1) is 20.6. The smallest absolute Gasteiger partial charge is 0.337 e. The van der Waals surface area contributed by atoms with Crippen molar-refractivity contribution >= 4 is 35.0 Å². The average Bonchev–Trinajstić information content (AvgIpc) is 3.53. The predicted octanol–water partition coefficient (Wildman–Crippen LogP) is 2.91. The van der Waals surface area contributed by atoms with E-state index in [-0.39, 0.29) is 11.7 Å². The van der Waals surface area contributed by atoms with Gasteiger partial charge in [-0.15, -0.1) is 5.10 Å². The summed E-state index contributed by atoms with van der Waals surface area (Å²) in [5.41, 5.74) is 1.96. The normalized spacial score (nSPS) is 16.8. The van der Waals surface area contributed by atoms with Gasteiger partial charge < -0.3 is 15.0 Å². The molecule has 2 fully saturated rings. The molecule has 0 unspecified atom stereocenters. The zero-order chi connectivity index (χ0) is 20.9. The summed E-state index contributed by atoms with van der Waals surface area (Å²) in [6.07, 6.45) is 6.75. The number of hydrogen-bond donors (Lipinski definition) is 1. The molecule has 1 aliphatic carbocycles. The molecule has 1 aliphatic heterocycles. The predicted molar refractivity (Wildman–Crippen MR) is 114 cm³/mol. The van der Waals surface area contributed by atoms with E-state index in [4.69, 9.17) is 4.74 Å². The Balaban J connectivity index is 1.45. The number of tetrazole rings is 1. The second kappa shape index (κ2) is 9.46. The van der Waals surface area contributed by atoms with Gasteiger partial charge in [0, 0.05) is 13.1 Å². The zero-order valence-electron chi connectivity index (χ0n) is 17.0. The Morgan fingerprint density at radius 2 is 1.97 bits per heavy atom. The summed E-state index contributed by atoms with van der Waals surface area (Å²) in [5, 5.41) is 15.6. The Morgan fingerprint density at radius 3 is 2.70 bits per heavy atom. The summed E-state index contributed by atoms with van der Waals surface area (Å²) in [6, 6.07) is 5.62. The molecule has 0 bridgehead atoms.